The Morgan fingerprint density at radius 3 is 1.57 bits per heavy atom. The largest absolute Gasteiger partial charge is 0.488 e. The summed E-state index contributed by atoms with van der Waals surface area (Å²) in [5, 5.41) is 21.8. The first-order chi connectivity index (χ1) is 21.4. The normalized spacial score (nSPS) is 10.8. The fourth-order valence-electron chi connectivity index (χ4n) is 5.01. The maximum absolute atomic E-state index is 8.58. The minimum absolute atomic E-state index is 0.525. The molecule has 0 aliphatic rings. The lowest BCUT2D eigenvalue weighted by molar-refractivity contribution is 0.426. The van der Waals surface area contributed by atoms with Crippen molar-refractivity contribution in [3.05, 3.63) is 146 Å². The zero-order chi connectivity index (χ0) is 30.6. The van der Waals surface area contributed by atoms with Gasteiger partial charge in [0.2, 0.25) is 0 Å². The van der Waals surface area contributed by atoms with E-state index < -0.39 is 7.12 Å². The van der Waals surface area contributed by atoms with Crippen molar-refractivity contribution in [2.75, 3.05) is 0 Å². The van der Waals surface area contributed by atoms with Crippen LogP contribution in [0.2, 0.25) is 0 Å². The highest BCUT2D eigenvalue weighted by molar-refractivity contribution is 14.1. The van der Waals surface area contributed by atoms with Crippen molar-refractivity contribution < 1.29 is 18.9 Å². The molecule has 0 bridgehead atoms. The number of hydrogen-bond acceptors (Lipinski definition) is 4. The van der Waals surface area contributed by atoms with E-state index in [9.17, 15) is 0 Å². The molecule has 216 valence electrons. The Morgan fingerprint density at radius 1 is 0.523 bits per heavy atom. The quantitative estimate of drug-likeness (QED) is 0.135. The van der Waals surface area contributed by atoms with E-state index in [1.807, 2.05) is 60.7 Å². The fourth-order valence-corrected chi connectivity index (χ4v) is 6.63. The van der Waals surface area contributed by atoms with Crippen LogP contribution < -0.4 is 5.46 Å². The first kappa shape index (κ1) is 30.6. The second-order valence-corrected chi connectivity index (χ2v) is 12.8. The van der Waals surface area contributed by atoms with Crippen molar-refractivity contribution in [2.24, 2.45) is 0 Å². The third kappa shape index (κ3) is 6.36. The van der Waals surface area contributed by atoms with Gasteiger partial charge >= 0.3 is 7.12 Å². The van der Waals surface area contributed by atoms with Gasteiger partial charge in [0.05, 0.1) is 3.57 Å². The summed E-state index contributed by atoms with van der Waals surface area (Å²) < 4.78 is 15.2. The first-order valence-electron chi connectivity index (χ1n) is 13.7. The first-order valence-corrected chi connectivity index (χ1v) is 16.4. The lowest BCUT2D eigenvalue weighted by atomic mass is 9.81. The Bertz CT molecular complexity index is 2200. The van der Waals surface area contributed by atoms with Gasteiger partial charge in [-0.1, -0.05) is 129 Å². The summed E-state index contributed by atoms with van der Waals surface area (Å²) in [4.78, 5) is 0. The molecule has 0 atom stereocenters. The molecule has 8 aromatic rings. The number of furan rings is 2. The van der Waals surface area contributed by atoms with E-state index in [1.165, 1.54) is 5.56 Å². The summed E-state index contributed by atoms with van der Waals surface area (Å²) in [6, 6.07) is 43.6. The number of benzene rings is 6. The molecule has 0 unspecified atom stereocenters. The lowest BCUT2D eigenvalue weighted by Crippen LogP contribution is -2.29. The van der Waals surface area contributed by atoms with Crippen molar-refractivity contribution in [1.29, 1.82) is 0 Å². The third-order valence-corrected chi connectivity index (χ3v) is 9.26. The molecule has 0 fully saturated rings. The molecule has 2 N–H and O–H groups in total. The molecule has 4 nitrogen and oxygen atoms in total. The van der Waals surface area contributed by atoms with Crippen LogP contribution in [0.15, 0.2) is 151 Å². The highest BCUT2D eigenvalue weighted by Crippen LogP contribution is 2.40. The Morgan fingerprint density at radius 2 is 1.00 bits per heavy atom. The average molecular weight is 818 g/mol. The van der Waals surface area contributed by atoms with E-state index in [-0.39, 0.29) is 0 Å². The summed E-state index contributed by atoms with van der Waals surface area (Å²) in [6.07, 6.45) is 0. The molecule has 44 heavy (non-hydrogen) atoms. The van der Waals surface area contributed by atoms with Gasteiger partial charge in [0.15, 0.2) is 0 Å². The maximum atomic E-state index is 8.58. The minimum Gasteiger partial charge on any atom is -0.455 e. The topological polar surface area (TPSA) is 66.7 Å². The molecule has 0 amide bonds. The summed E-state index contributed by atoms with van der Waals surface area (Å²) in [5.74, 6) is 0. The van der Waals surface area contributed by atoms with Crippen LogP contribution in [0, 0.1) is 3.57 Å². The maximum Gasteiger partial charge on any atom is 0.488 e. The Hall–Kier alpha value is -3.41. The summed E-state index contributed by atoms with van der Waals surface area (Å²) in [7, 11) is -1.34. The molecule has 8 rings (SSSR count). The monoisotopic (exact) mass is 816 g/mol. The van der Waals surface area contributed by atoms with Crippen LogP contribution in [0.5, 0.6) is 0 Å². The molecule has 0 spiro atoms. The van der Waals surface area contributed by atoms with E-state index in [1.54, 1.807) is 24.3 Å². The second kappa shape index (κ2) is 13.7. The number of fused-ring (bicyclic) bond motifs is 6. The Kier molecular flexibility index (Phi) is 9.54. The van der Waals surface area contributed by atoms with Gasteiger partial charge in [-0.25, -0.2) is 0 Å². The van der Waals surface area contributed by atoms with Crippen LogP contribution in [-0.4, -0.2) is 17.2 Å². The van der Waals surface area contributed by atoms with Gasteiger partial charge in [-0.3, -0.25) is 0 Å². The summed E-state index contributed by atoms with van der Waals surface area (Å²) >= 11 is 9.51. The SMILES string of the molecule is Brc1ccc(-c2ccccc2)c2oc3ccccc3c12.Brc1ccc(I)c2oc3ccccc3c12.OB(O)c1ccccc1. The highest BCUT2D eigenvalue weighted by Gasteiger charge is 2.15. The molecule has 2 heterocycles. The minimum atomic E-state index is -1.34. The van der Waals surface area contributed by atoms with Crippen LogP contribution in [0.1, 0.15) is 0 Å². The third-order valence-electron chi connectivity index (χ3n) is 7.08. The van der Waals surface area contributed by atoms with Crippen LogP contribution in [-0.2, 0) is 0 Å². The molecule has 8 heteroatoms. The van der Waals surface area contributed by atoms with Crippen LogP contribution >= 0.6 is 54.5 Å². The van der Waals surface area contributed by atoms with Crippen molar-refractivity contribution in [3.63, 3.8) is 0 Å². The summed E-state index contributed by atoms with van der Waals surface area (Å²) in [6.45, 7) is 0. The number of rotatable bonds is 2. The number of para-hydroxylation sites is 2. The van der Waals surface area contributed by atoms with Gasteiger partial charge in [-0.2, -0.15) is 0 Å². The van der Waals surface area contributed by atoms with Crippen molar-refractivity contribution in [3.8, 4) is 11.1 Å². The van der Waals surface area contributed by atoms with Gasteiger partial charge in [-0.05, 0) is 70.0 Å². The van der Waals surface area contributed by atoms with Crippen LogP contribution in [0.4, 0.5) is 0 Å². The molecule has 0 aliphatic carbocycles. The van der Waals surface area contributed by atoms with Gasteiger partial charge in [0, 0.05) is 36.1 Å². The molecule has 0 saturated carbocycles. The number of hydrogen-bond donors (Lipinski definition) is 2. The van der Waals surface area contributed by atoms with Crippen molar-refractivity contribution >= 4 is 111 Å². The molecular weight excluding hydrogens is 794 g/mol. The van der Waals surface area contributed by atoms with Crippen LogP contribution in [0.3, 0.4) is 0 Å². The van der Waals surface area contributed by atoms with Crippen molar-refractivity contribution in [1.82, 2.24) is 0 Å². The molecular formula is C36H24BBr2IO4. The lowest BCUT2D eigenvalue weighted by Gasteiger charge is -2.03. The zero-order valence-electron chi connectivity index (χ0n) is 23.1. The van der Waals surface area contributed by atoms with Gasteiger partial charge in [0.25, 0.3) is 0 Å². The molecule has 0 radical (unpaired) electrons. The Balaban J connectivity index is 0.000000126. The highest BCUT2D eigenvalue weighted by atomic mass is 127. The van der Waals surface area contributed by atoms with E-state index in [0.29, 0.717) is 5.46 Å². The molecule has 2 aromatic heterocycles. The summed E-state index contributed by atoms with van der Waals surface area (Å²) in [5.41, 5.74) is 6.59. The van der Waals surface area contributed by atoms with Gasteiger partial charge in [-0.15, -0.1) is 0 Å². The van der Waals surface area contributed by atoms with E-state index in [0.717, 1.165) is 62.0 Å². The van der Waals surface area contributed by atoms with Crippen LogP contribution in [0.25, 0.3) is 55.0 Å². The fraction of sp³-hybridized carbons (Fsp3) is 0. The average Bonchev–Trinajstić information content (AvgIpc) is 3.65. The smallest absolute Gasteiger partial charge is 0.455 e. The van der Waals surface area contributed by atoms with E-state index >= 15 is 0 Å². The van der Waals surface area contributed by atoms with Gasteiger partial charge in [0.1, 0.15) is 22.3 Å². The zero-order valence-corrected chi connectivity index (χ0v) is 28.5. The predicted octanol–water partition coefficient (Wildman–Crippen LogP) is 10.3. The molecule has 0 saturated heterocycles. The predicted molar refractivity (Wildman–Crippen MR) is 197 cm³/mol. The second-order valence-electron chi connectivity index (χ2n) is 9.88. The molecule has 0 aliphatic heterocycles. The molecule has 6 aromatic carbocycles. The van der Waals surface area contributed by atoms with E-state index in [2.05, 4.69) is 103 Å². The standard InChI is InChI=1S/C18H11BrO.C12H6BrIO.C6H7BO2/c19-15-11-10-13(12-6-2-1-3-7-12)18-17(15)14-8-4-5-9-16(14)20-18;13-8-5-6-9(14)12-11(8)7-3-1-2-4-10(7)15-12;8-7(9)6-4-2-1-3-5-6/h1-11H;1-6H;1-5,8-9H. The number of halogens is 3. The van der Waals surface area contributed by atoms with Gasteiger partial charge < -0.3 is 18.9 Å². The van der Waals surface area contributed by atoms with Crippen molar-refractivity contribution in [2.45, 2.75) is 0 Å². The Labute approximate surface area is 284 Å². The van der Waals surface area contributed by atoms with E-state index in [4.69, 9.17) is 18.9 Å².